The van der Waals surface area contributed by atoms with E-state index in [0.717, 1.165) is 18.4 Å². The maximum absolute atomic E-state index is 12.8. The summed E-state index contributed by atoms with van der Waals surface area (Å²) in [5, 5.41) is 7.31. The van der Waals surface area contributed by atoms with Gasteiger partial charge in [0.25, 0.3) is 0 Å². The number of carbonyl (C=O) groups excluding carboxylic acids is 1. The highest BCUT2D eigenvalue weighted by Gasteiger charge is 2.27. The minimum absolute atomic E-state index is 0.158. The monoisotopic (exact) mass is 481 g/mol. The lowest BCUT2D eigenvalue weighted by molar-refractivity contribution is -0.120. The van der Waals surface area contributed by atoms with E-state index in [1.54, 1.807) is 24.3 Å². The summed E-state index contributed by atoms with van der Waals surface area (Å²) < 4.78 is 28.7. The third-order valence-corrected chi connectivity index (χ3v) is 8.08. The van der Waals surface area contributed by atoms with Crippen LogP contribution in [-0.4, -0.2) is 59.5 Å². The summed E-state index contributed by atoms with van der Waals surface area (Å²) in [5.74, 6) is -0.158. The van der Waals surface area contributed by atoms with Crippen LogP contribution in [0.25, 0.3) is 0 Å². The molecule has 0 radical (unpaired) electrons. The molecule has 2 heterocycles. The number of rotatable bonds is 9. The lowest BCUT2D eigenvalue weighted by Crippen LogP contribution is -2.39. The van der Waals surface area contributed by atoms with Gasteiger partial charge < -0.3 is 5.32 Å². The summed E-state index contributed by atoms with van der Waals surface area (Å²) in [7, 11) is -1.57. The molecular formula is C25H31N5O3S. The van der Waals surface area contributed by atoms with Crippen molar-refractivity contribution in [3.63, 3.8) is 0 Å². The fourth-order valence-electron chi connectivity index (χ4n) is 4.00. The molecule has 34 heavy (non-hydrogen) atoms. The SMILES string of the molecule is CC(C(=O)Nc1ccc(S(=O)(=O)N2CCCC2)cc1)N(C)Cc1cnn(Cc2ccccc2)c1. The first-order valence-electron chi connectivity index (χ1n) is 11.5. The van der Waals surface area contributed by atoms with Gasteiger partial charge in [-0.15, -0.1) is 0 Å². The van der Waals surface area contributed by atoms with Gasteiger partial charge in [-0.3, -0.25) is 14.4 Å². The molecule has 1 aliphatic heterocycles. The molecule has 1 unspecified atom stereocenters. The first kappa shape index (κ1) is 24.1. The topological polar surface area (TPSA) is 87.5 Å². The third kappa shape index (κ3) is 5.72. The van der Waals surface area contributed by atoms with Crippen molar-refractivity contribution < 1.29 is 13.2 Å². The Morgan fingerprint density at radius 1 is 1.06 bits per heavy atom. The fraction of sp³-hybridized carbons (Fsp3) is 0.360. The number of benzene rings is 2. The number of nitrogens with zero attached hydrogens (tertiary/aromatic N) is 4. The molecule has 0 aliphatic carbocycles. The highest BCUT2D eigenvalue weighted by Crippen LogP contribution is 2.22. The molecule has 1 saturated heterocycles. The molecule has 1 aromatic heterocycles. The Balaban J connectivity index is 1.32. The molecule has 9 heteroatoms. The molecule has 180 valence electrons. The molecular weight excluding hydrogens is 450 g/mol. The Kier molecular flexibility index (Phi) is 7.45. The average Bonchev–Trinajstić information content (AvgIpc) is 3.52. The van der Waals surface area contributed by atoms with E-state index in [0.29, 0.717) is 31.9 Å². The molecule has 4 rings (SSSR count). The number of aromatic nitrogens is 2. The Morgan fingerprint density at radius 2 is 1.74 bits per heavy atom. The Labute approximate surface area is 201 Å². The summed E-state index contributed by atoms with van der Waals surface area (Å²) in [6.45, 7) is 4.25. The third-order valence-electron chi connectivity index (χ3n) is 6.17. The molecule has 8 nitrogen and oxygen atoms in total. The number of amides is 1. The number of sulfonamides is 1. The summed E-state index contributed by atoms with van der Waals surface area (Å²) in [6.07, 6.45) is 5.61. The van der Waals surface area contributed by atoms with Crippen LogP contribution in [0.4, 0.5) is 5.69 Å². The van der Waals surface area contributed by atoms with Crippen LogP contribution in [0.15, 0.2) is 71.9 Å². The number of nitrogens with one attached hydrogen (secondary N) is 1. The van der Waals surface area contributed by atoms with E-state index in [9.17, 15) is 13.2 Å². The fourth-order valence-corrected chi connectivity index (χ4v) is 5.52. The van der Waals surface area contributed by atoms with Gasteiger partial charge in [-0.2, -0.15) is 9.40 Å². The van der Waals surface area contributed by atoms with Gasteiger partial charge in [0, 0.05) is 37.1 Å². The van der Waals surface area contributed by atoms with Gasteiger partial charge in [0.2, 0.25) is 15.9 Å². The lowest BCUT2D eigenvalue weighted by atomic mass is 10.2. The predicted octanol–water partition coefficient (Wildman–Crippen LogP) is 3.17. The quantitative estimate of drug-likeness (QED) is 0.507. The smallest absolute Gasteiger partial charge is 0.243 e. The number of hydrogen-bond acceptors (Lipinski definition) is 5. The second-order valence-corrected chi connectivity index (χ2v) is 10.7. The van der Waals surface area contributed by atoms with Gasteiger partial charge in [-0.25, -0.2) is 8.42 Å². The molecule has 2 aromatic carbocycles. The molecule has 1 fully saturated rings. The number of likely N-dealkylation sites (N-methyl/N-ethyl adjacent to an activating group) is 1. The molecule has 1 aliphatic rings. The van der Waals surface area contributed by atoms with Gasteiger partial charge in [-0.1, -0.05) is 30.3 Å². The molecule has 0 bridgehead atoms. The number of hydrogen-bond donors (Lipinski definition) is 1. The van der Waals surface area contributed by atoms with Crippen molar-refractivity contribution in [3.8, 4) is 0 Å². The maximum atomic E-state index is 12.8. The Hall–Kier alpha value is -3.01. The van der Waals surface area contributed by atoms with Gasteiger partial charge in [0.15, 0.2) is 0 Å². The van der Waals surface area contributed by atoms with E-state index < -0.39 is 10.0 Å². The van der Waals surface area contributed by atoms with Crippen LogP contribution < -0.4 is 5.32 Å². The first-order chi connectivity index (χ1) is 16.3. The normalized spacial score (nSPS) is 15.5. The largest absolute Gasteiger partial charge is 0.325 e. The van der Waals surface area contributed by atoms with Gasteiger partial charge >= 0.3 is 0 Å². The van der Waals surface area contributed by atoms with Crippen molar-refractivity contribution in [2.24, 2.45) is 0 Å². The van der Waals surface area contributed by atoms with Crippen LogP contribution in [0.3, 0.4) is 0 Å². The minimum Gasteiger partial charge on any atom is -0.325 e. The van der Waals surface area contributed by atoms with Crippen molar-refractivity contribution in [3.05, 3.63) is 78.1 Å². The summed E-state index contributed by atoms with van der Waals surface area (Å²) >= 11 is 0. The predicted molar refractivity (Wildman–Crippen MR) is 132 cm³/mol. The highest BCUT2D eigenvalue weighted by atomic mass is 32.2. The first-order valence-corrected chi connectivity index (χ1v) is 12.9. The van der Waals surface area contributed by atoms with Crippen molar-refractivity contribution in [2.75, 3.05) is 25.5 Å². The van der Waals surface area contributed by atoms with Crippen LogP contribution in [0.1, 0.15) is 30.9 Å². The van der Waals surface area contributed by atoms with Gasteiger partial charge in [-0.05, 0) is 56.6 Å². The standard InChI is InChI=1S/C25H31N5O3S/c1-20(28(2)17-22-16-26-29(19-22)18-21-8-4-3-5-9-21)25(31)27-23-10-12-24(13-11-23)34(32,33)30-14-6-7-15-30/h3-5,8-13,16,19-20H,6-7,14-15,17-18H2,1-2H3,(H,27,31). The minimum atomic E-state index is -3.46. The molecule has 0 saturated carbocycles. The van der Waals surface area contributed by atoms with Crippen LogP contribution in [-0.2, 0) is 27.9 Å². The van der Waals surface area contributed by atoms with E-state index in [1.807, 2.05) is 54.1 Å². The van der Waals surface area contributed by atoms with Crippen LogP contribution in [0.2, 0.25) is 0 Å². The van der Waals surface area contributed by atoms with E-state index in [2.05, 4.69) is 22.5 Å². The average molecular weight is 482 g/mol. The zero-order valence-electron chi connectivity index (χ0n) is 19.6. The molecule has 3 aromatic rings. The zero-order chi connectivity index (χ0) is 24.1. The molecule has 1 N–H and O–H groups in total. The van der Waals surface area contributed by atoms with Gasteiger partial charge in [0.1, 0.15) is 0 Å². The second kappa shape index (κ2) is 10.5. The summed E-state index contributed by atoms with van der Waals surface area (Å²) in [5.41, 5.74) is 2.77. The summed E-state index contributed by atoms with van der Waals surface area (Å²) in [4.78, 5) is 15.0. The molecule has 1 atom stereocenters. The van der Waals surface area contributed by atoms with Crippen molar-refractivity contribution in [1.82, 2.24) is 19.0 Å². The number of anilines is 1. The van der Waals surface area contributed by atoms with Gasteiger partial charge in [0.05, 0.1) is 23.7 Å². The molecule has 1 amide bonds. The van der Waals surface area contributed by atoms with Crippen molar-refractivity contribution in [2.45, 2.75) is 43.8 Å². The van der Waals surface area contributed by atoms with E-state index >= 15 is 0 Å². The van der Waals surface area contributed by atoms with Crippen molar-refractivity contribution in [1.29, 1.82) is 0 Å². The second-order valence-electron chi connectivity index (χ2n) is 8.75. The van der Waals surface area contributed by atoms with Crippen LogP contribution in [0.5, 0.6) is 0 Å². The van der Waals surface area contributed by atoms with Crippen molar-refractivity contribution >= 4 is 21.6 Å². The van der Waals surface area contributed by atoms with E-state index in [-0.39, 0.29) is 16.8 Å². The Morgan fingerprint density at radius 3 is 2.41 bits per heavy atom. The number of carbonyl (C=O) groups is 1. The van der Waals surface area contributed by atoms with Crippen LogP contribution >= 0.6 is 0 Å². The summed E-state index contributed by atoms with van der Waals surface area (Å²) in [6, 6.07) is 16.1. The van der Waals surface area contributed by atoms with E-state index in [1.165, 1.54) is 9.87 Å². The Bertz CT molecular complexity index is 1200. The van der Waals surface area contributed by atoms with Crippen LogP contribution in [0, 0.1) is 0 Å². The zero-order valence-corrected chi connectivity index (χ0v) is 20.4. The maximum Gasteiger partial charge on any atom is 0.243 e. The highest BCUT2D eigenvalue weighted by molar-refractivity contribution is 7.89. The van der Waals surface area contributed by atoms with E-state index in [4.69, 9.17) is 0 Å². The molecule has 0 spiro atoms. The lowest BCUT2D eigenvalue weighted by Gasteiger charge is -2.23.